The van der Waals surface area contributed by atoms with Crippen molar-refractivity contribution < 1.29 is 14.7 Å². The average Bonchev–Trinajstić information content (AvgIpc) is 3.68. The topological polar surface area (TPSA) is 51.0 Å². The summed E-state index contributed by atoms with van der Waals surface area (Å²) >= 11 is 0. The molecule has 29 heavy (non-hydrogen) atoms. The van der Waals surface area contributed by atoms with Crippen molar-refractivity contribution in [2.75, 3.05) is 7.11 Å². The molecule has 6 aliphatic carbocycles. The zero-order valence-corrected chi connectivity index (χ0v) is 17.6. The molecular weight excluding hydrogens is 362 g/mol. The van der Waals surface area contributed by atoms with Crippen LogP contribution >= 0.6 is 0 Å². The van der Waals surface area contributed by atoms with Gasteiger partial charge in [0.2, 0.25) is 0 Å². The van der Waals surface area contributed by atoms with E-state index in [1.54, 1.807) is 12.7 Å². The Balaban J connectivity index is 1.29. The van der Waals surface area contributed by atoms with E-state index in [-0.39, 0.29) is 11.9 Å². The highest BCUT2D eigenvalue weighted by atomic mass is 16.7. The molecule has 0 aromatic carbocycles. The molecule has 156 valence electrons. The number of fused-ring (bicyclic) bond motifs is 12. The van der Waals surface area contributed by atoms with Gasteiger partial charge in [-0.2, -0.15) is 0 Å². The third kappa shape index (κ3) is 1.93. The first-order valence-electron chi connectivity index (χ1n) is 12.0. The van der Waals surface area contributed by atoms with E-state index in [1.807, 2.05) is 0 Å². The van der Waals surface area contributed by atoms with Crippen LogP contribution in [0, 0.1) is 52.8 Å². The highest BCUT2D eigenvalue weighted by Gasteiger charge is 2.79. The second kappa shape index (κ2) is 5.56. The predicted octanol–water partition coefficient (Wildman–Crippen LogP) is 4.79. The molecule has 7 rings (SSSR count). The third-order valence-electron chi connectivity index (χ3n) is 10.7. The van der Waals surface area contributed by atoms with Gasteiger partial charge in [-0.3, -0.25) is 0 Å². The fourth-order valence-electron chi connectivity index (χ4n) is 9.69. The smallest absolute Gasteiger partial charge is 0.177 e. The van der Waals surface area contributed by atoms with Gasteiger partial charge in [-0.15, -0.1) is 0 Å². The number of allylic oxidation sites excluding steroid dienone is 2. The number of hydrogen-bond donors (Lipinski definition) is 1. The van der Waals surface area contributed by atoms with Crippen LogP contribution in [0.2, 0.25) is 0 Å². The molecule has 1 aliphatic heterocycles. The molecule has 5 fully saturated rings. The molecule has 0 saturated heterocycles. The number of hydrogen-bond acceptors (Lipinski definition) is 4. The van der Waals surface area contributed by atoms with Crippen molar-refractivity contribution in [1.82, 2.24) is 0 Å². The van der Waals surface area contributed by atoms with Crippen LogP contribution in [0.4, 0.5) is 0 Å². The maximum Gasteiger partial charge on any atom is 0.177 e. The molecule has 11 atom stereocenters. The summed E-state index contributed by atoms with van der Waals surface area (Å²) in [6.07, 6.45) is 15.5. The zero-order valence-electron chi connectivity index (χ0n) is 17.6. The van der Waals surface area contributed by atoms with E-state index < -0.39 is 0 Å². The lowest BCUT2D eigenvalue weighted by Gasteiger charge is -2.58. The Hall–Kier alpha value is -1.13. The standard InChI is InChI=1S/C25H33NO3/c1-3-24-8-6-15-14-5-4-13(26-27)10-16(14)17-11-18(17)22(15)23(24)19-12-20(19)25(24)9-7-21(28-2)29-25/h7,9-10,14-15,17-23,27H,3-6,8,11-12H2,1-2H3/b26-13+/t14-,15?,17+,18+,19+,20-,21?,22?,23?,24+,25+/m1/s1. The molecule has 0 aromatic rings. The summed E-state index contributed by atoms with van der Waals surface area (Å²) in [5.74, 6) is 6.53. The van der Waals surface area contributed by atoms with Crippen LogP contribution in [0.5, 0.6) is 0 Å². The molecule has 1 heterocycles. The van der Waals surface area contributed by atoms with Crippen molar-refractivity contribution in [1.29, 1.82) is 0 Å². The third-order valence-corrected chi connectivity index (χ3v) is 10.7. The first kappa shape index (κ1) is 17.5. The fraction of sp³-hybridized carbons (Fsp3) is 0.800. The molecule has 0 amide bonds. The van der Waals surface area contributed by atoms with Gasteiger partial charge in [0, 0.05) is 12.5 Å². The van der Waals surface area contributed by atoms with Crippen molar-refractivity contribution >= 4 is 5.71 Å². The van der Waals surface area contributed by atoms with Gasteiger partial charge < -0.3 is 14.7 Å². The van der Waals surface area contributed by atoms with Crippen molar-refractivity contribution in [3.05, 3.63) is 23.8 Å². The van der Waals surface area contributed by atoms with Gasteiger partial charge in [0.15, 0.2) is 6.29 Å². The fourth-order valence-corrected chi connectivity index (χ4v) is 9.69. The minimum atomic E-state index is -0.153. The summed E-state index contributed by atoms with van der Waals surface area (Å²) in [4.78, 5) is 0. The first-order chi connectivity index (χ1) is 14.2. The Labute approximate surface area is 173 Å². The number of nitrogens with zero attached hydrogens (tertiary/aromatic N) is 1. The number of methoxy groups -OCH3 is 1. The Morgan fingerprint density at radius 2 is 2.10 bits per heavy atom. The molecule has 4 heteroatoms. The minimum absolute atomic E-state index is 0.0630. The summed E-state index contributed by atoms with van der Waals surface area (Å²) in [5, 5.41) is 12.9. The summed E-state index contributed by atoms with van der Waals surface area (Å²) in [7, 11) is 1.77. The van der Waals surface area contributed by atoms with Crippen molar-refractivity contribution in [2.24, 2.45) is 57.9 Å². The molecule has 0 aromatic heterocycles. The normalized spacial score (nSPS) is 59.6. The van der Waals surface area contributed by atoms with Crippen LogP contribution in [0.1, 0.15) is 51.9 Å². The van der Waals surface area contributed by atoms with Crippen LogP contribution in [0.25, 0.3) is 0 Å². The highest BCUT2D eigenvalue weighted by molar-refractivity contribution is 5.96. The van der Waals surface area contributed by atoms with E-state index in [2.05, 4.69) is 30.3 Å². The van der Waals surface area contributed by atoms with Crippen molar-refractivity contribution in [3.63, 3.8) is 0 Å². The van der Waals surface area contributed by atoms with Crippen LogP contribution < -0.4 is 0 Å². The van der Waals surface area contributed by atoms with Gasteiger partial charge in [0.25, 0.3) is 0 Å². The lowest BCUT2D eigenvalue weighted by atomic mass is 9.48. The second-order valence-electron chi connectivity index (χ2n) is 11.1. The van der Waals surface area contributed by atoms with E-state index in [9.17, 15) is 5.21 Å². The van der Waals surface area contributed by atoms with Crippen LogP contribution in [0.15, 0.2) is 29.0 Å². The number of oxime groups is 1. The lowest BCUT2D eigenvalue weighted by Crippen LogP contribution is -2.57. The SMILES string of the molecule is CC[C@]12CCC3C(C1[C@H]1C[C@H]1[C@@]21C=CC(OC)O1)[C@H]1C[C@H]1C1=C/C(=N/O)CC[C@@H]13. The maximum atomic E-state index is 9.32. The van der Waals surface area contributed by atoms with E-state index in [0.717, 1.165) is 59.5 Å². The largest absolute Gasteiger partial charge is 0.411 e. The van der Waals surface area contributed by atoms with Crippen LogP contribution in [-0.4, -0.2) is 29.9 Å². The second-order valence-corrected chi connectivity index (χ2v) is 11.1. The average molecular weight is 396 g/mol. The Kier molecular flexibility index (Phi) is 3.36. The Bertz CT molecular complexity index is 847. The van der Waals surface area contributed by atoms with Gasteiger partial charge in [0.05, 0.1) is 11.3 Å². The predicted molar refractivity (Wildman–Crippen MR) is 109 cm³/mol. The summed E-state index contributed by atoms with van der Waals surface area (Å²) < 4.78 is 12.4. The molecule has 1 spiro atoms. The summed E-state index contributed by atoms with van der Waals surface area (Å²) in [6, 6.07) is 0. The van der Waals surface area contributed by atoms with Crippen LogP contribution in [-0.2, 0) is 9.47 Å². The van der Waals surface area contributed by atoms with Gasteiger partial charge in [-0.25, -0.2) is 0 Å². The van der Waals surface area contributed by atoms with Gasteiger partial charge in [-0.1, -0.05) is 23.7 Å². The monoisotopic (exact) mass is 395 g/mol. The molecule has 0 bridgehead atoms. The van der Waals surface area contributed by atoms with Gasteiger partial charge >= 0.3 is 0 Å². The van der Waals surface area contributed by atoms with Crippen LogP contribution in [0.3, 0.4) is 0 Å². The molecular formula is C25H33NO3. The highest BCUT2D eigenvalue weighted by Crippen LogP contribution is 2.81. The molecule has 4 nitrogen and oxygen atoms in total. The Morgan fingerprint density at radius 1 is 1.21 bits per heavy atom. The molecule has 7 aliphatic rings. The van der Waals surface area contributed by atoms with Crippen molar-refractivity contribution in [3.8, 4) is 0 Å². The van der Waals surface area contributed by atoms with E-state index in [1.165, 1.54) is 38.5 Å². The lowest BCUT2D eigenvalue weighted by molar-refractivity contribution is -0.210. The van der Waals surface area contributed by atoms with E-state index >= 15 is 0 Å². The summed E-state index contributed by atoms with van der Waals surface area (Å²) in [6.45, 7) is 2.43. The van der Waals surface area contributed by atoms with Crippen molar-refractivity contribution in [2.45, 2.75) is 63.8 Å². The summed E-state index contributed by atoms with van der Waals surface area (Å²) in [5.41, 5.74) is 2.81. The molecule has 1 N–H and O–H groups in total. The first-order valence-corrected chi connectivity index (χ1v) is 12.0. The van der Waals surface area contributed by atoms with E-state index in [4.69, 9.17) is 9.47 Å². The minimum Gasteiger partial charge on any atom is -0.411 e. The van der Waals surface area contributed by atoms with E-state index in [0.29, 0.717) is 5.41 Å². The van der Waals surface area contributed by atoms with Gasteiger partial charge in [-0.05, 0) is 104 Å². The number of ether oxygens (including phenoxy) is 2. The zero-order chi connectivity index (χ0) is 19.5. The quantitative estimate of drug-likeness (QED) is 0.415. The van der Waals surface area contributed by atoms with Gasteiger partial charge in [0.1, 0.15) is 0 Å². The Morgan fingerprint density at radius 3 is 2.86 bits per heavy atom. The maximum absolute atomic E-state index is 9.32. The number of rotatable bonds is 2. The molecule has 0 radical (unpaired) electrons. The molecule has 4 unspecified atom stereocenters. The molecule has 5 saturated carbocycles.